The Morgan fingerprint density at radius 2 is 1.38 bits per heavy atom. The van der Waals surface area contributed by atoms with Gasteiger partial charge in [-0.2, -0.15) is 0 Å². The van der Waals surface area contributed by atoms with E-state index in [9.17, 15) is 21.6 Å². The Morgan fingerprint density at radius 1 is 0.966 bits per heavy atom. The van der Waals surface area contributed by atoms with Gasteiger partial charge in [0.2, 0.25) is 0 Å². The highest BCUT2D eigenvalue weighted by Gasteiger charge is 2.41. The highest BCUT2D eigenvalue weighted by molar-refractivity contribution is 8.09. The highest BCUT2D eigenvalue weighted by Crippen LogP contribution is 2.31. The third kappa shape index (κ3) is 5.33. The summed E-state index contributed by atoms with van der Waals surface area (Å²) in [6.07, 6.45) is 1.07. The molecule has 2 rings (SSSR count). The first kappa shape index (κ1) is 22.8. The van der Waals surface area contributed by atoms with Crippen LogP contribution in [0.15, 0.2) is 83.1 Å². The zero-order chi connectivity index (χ0) is 21.7. The van der Waals surface area contributed by atoms with Crippen molar-refractivity contribution in [3.63, 3.8) is 0 Å². The molecule has 2 aromatic carbocycles. The molecule has 0 spiro atoms. The lowest BCUT2D eigenvalue weighted by Crippen LogP contribution is -2.35. The van der Waals surface area contributed by atoms with Crippen molar-refractivity contribution in [2.45, 2.75) is 46.7 Å². The molecule has 1 unspecified atom stereocenters. The second kappa shape index (κ2) is 8.92. The van der Waals surface area contributed by atoms with E-state index >= 15 is 0 Å². The number of hydrogen-bond acceptors (Lipinski definition) is 6. The summed E-state index contributed by atoms with van der Waals surface area (Å²) in [4.78, 5) is 11.2. The molecule has 156 valence electrons. The smallest absolute Gasteiger partial charge is 0.303 e. The molecule has 0 saturated carbocycles. The lowest BCUT2D eigenvalue weighted by atomic mass is 10.0. The monoisotopic (exact) mass is 436 g/mol. The van der Waals surface area contributed by atoms with E-state index in [1.807, 2.05) is 0 Å². The van der Waals surface area contributed by atoms with Gasteiger partial charge in [0.15, 0.2) is 24.3 Å². The van der Waals surface area contributed by atoms with Crippen LogP contribution in [0.1, 0.15) is 26.7 Å². The van der Waals surface area contributed by atoms with Crippen LogP contribution in [0.5, 0.6) is 0 Å². The van der Waals surface area contributed by atoms with Crippen LogP contribution in [-0.2, 0) is 29.2 Å². The summed E-state index contributed by atoms with van der Waals surface area (Å²) in [5, 5.41) is 0. The Morgan fingerprint density at radius 3 is 1.72 bits per heavy atom. The molecular formula is C21H24O6S2. The molecule has 8 heteroatoms. The van der Waals surface area contributed by atoms with Gasteiger partial charge >= 0.3 is 5.97 Å². The Balaban J connectivity index is 2.52. The minimum atomic E-state index is -4.23. The van der Waals surface area contributed by atoms with Crippen LogP contribution in [0.3, 0.4) is 0 Å². The van der Waals surface area contributed by atoms with Crippen LogP contribution in [-0.4, -0.2) is 33.0 Å². The molecule has 2 aromatic rings. The number of carbonyl (C=O) groups is 1. The van der Waals surface area contributed by atoms with Crippen molar-refractivity contribution in [2.75, 3.05) is 0 Å². The lowest BCUT2D eigenvalue weighted by molar-refractivity contribution is -0.151. The van der Waals surface area contributed by atoms with Gasteiger partial charge in [0.1, 0.15) is 5.60 Å². The quantitative estimate of drug-likeness (QED) is 0.441. The molecule has 0 aliphatic heterocycles. The van der Waals surface area contributed by atoms with Gasteiger partial charge in [0, 0.05) is 6.92 Å². The SMILES string of the molecule is C=CC(C)(CCC(S(=O)(=O)c1ccccc1)S(=O)(=O)c1ccccc1)OC(C)=O. The van der Waals surface area contributed by atoms with Crippen LogP contribution in [0.4, 0.5) is 0 Å². The second-order valence-corrected chi connectivity index (χ2v) is 11.4. The van der Waals surface area contributed by atoms with Crippen LogP contribution >= 0.6 is 0 Å². The number of benzene rings is 2. The molecule has 0 aliphatic rings. The summed E-state index contributed by atoms with van der Waals surface area (Å²) in [5.74, 6) is -0.569. The molecule has 0 heterocycles. The van der Waals surface area contributed by atoms with E-state index in [-0.39, 0.29) is 22.6 Å². The van der Waals surface area contributed by atoms with E-state index in [0.717, 1.165) is 0 Å². The van der Waals surface area contributed by atoms with E-state index in [1.54, 1.807) is 19.1 Å². The van der Waals surface area contributed by atoms with Gasteiger partial charge in [0.25, 0.3) is 0 Å². The third-order valence-electron chi connectivity index (χ3n) is 4.52. The van der Waals surface area contributed by atoms with Gasteiger partial charge < -0.3 is 4.74 Å². The zero-order valence-corrected chi connectivity index (χ0v) is 17.9. The maximum absolute atomic E-state index is 13.3. The number of esters is 1. The maximum Gasteiger partial charge on any atom is 0.303 e. The van der Waals surface area contributed by atoms with Gasteiger partial charge in [-0.15, -0.1) is 0 Å². The number of carbonyl (C=O) groups excluding carboxylic acids is 1. The predicted molar refractivity (Wildman–Crippen MR) is 111 cm³/mol. The molecule has 0 N–H and O–H groups in total. The fourth-order valence-corrected chi connectivity index (χ4v) is 7.47. The van der Waals surface area contributed by atoms with Crippen molar-refractivity contribution in [1.82, 2.24) is 0 Å². The molecule has 1 atom stereocenters. The van der Waals surface area contributed by atoms with Gasteiger partial charge in [-0.3, -0.25) is 4.79 Å². The topological polar surface area (TPSA) is 94.6 Å². The third-order valence-corrected chi connectivity index (χ3v) is 9.76. The van der Waals surface area contributed by atoms with Crippen molar-refractivity contribution in [3.05, 3.63) is 73.3 Å². The number of sulfone groups is 2. The molecule has 0 saturated heterocycles. The van der Waals surface area contributed by atoms with Crippen LogP contribution in [0, 0.1) is 0 Å². The summed E-state index contributed by atoms with van der Waals surface area (Å²) < 4.78 is 56.6. The first-order chi connectivity index (χ1) is 13.5. The van der Waals surface area contributed by atoms with Gasteiger partial charge in [-0.25, -0.2) is 16.8 Å². The zero-order valence-electron chi connectivity index (χ0n) is 16.3. The van der Waals surface area contributed by atoms with Gasteiger partial charge in [-0.05, 0) is 50.1 Å². The van der Waals surface area contributed by atoms with Crippen molar-refractivity contribution >= 4 is 25.6 Å². The van der Waals surface area contributed by atoms with E-state index in [0.29, 0.717) is 0 Å². The second-order valence-electron chi connectivity index (χ2n) is 6.79. The Kier molecular flexibility index (Phi) is 7.02. The summed E-state index contributed by atoms with van der Waals surface area (Å²) in [6.45, 7) is 6.41. The predicted octanol–water partition coefficient (Wildman–Crippen LogP) is 3.55. The number of hydrogen-bond donors (Lipinski definition) is 0. The summed E-state index contributed by atoms with van der Waals surface area (Å²) in [6, 6.07) is 14.9. The number of rotatable bonds is 9. The molecule has 0 radical (unpaired) electrons. The fraction of sp³-hybridized carbons (Fsp3) is 0.286. The molecule has 0 fully saturated rings. The largest absolute Gasteiger partial charge is 0.455 e. The first-order valence-electron chi connectivity index (χ1n) is 8.94. The molecule has 0 bridgehead atoms. The summed E-state index contributed by atoms with van der Waals surface area (Å²) in [7, 11) is -8.46. The van der Waals surface area contributed by atoms with Gasteiger partial charge in [0.05, 0.1) is 9.79 Å². The van der Waals surface area contributed by atoms with E-state index in [1.165, 1.54) is 61.5 Å². The van der Waals surface area contributed by atoms with Crippen LogP contribution in [0.2, 0.25) is 0 Å². The summed E-state index contributed by atoms with van der Waals surface area (Å²) >= 11 is 0. The van der Waals surface area contributed by atoms with Crippen molar-refractivity contribution < 1.29 is 26.4 Å². The minimum absolute atomic E-state index is 0.0289. The average Bonchev–Trinajstić information content (AvgIpc) is 2.68. The summed E-state index contributed by atoms with van der Waals surface area (Å²) in [5.41, 5.74) is -1.19. The normalized spacial score (nSPS) is 14.2. The molecule has 6 nitrogen and oxygen atoms in total. The van der Waals surface area contributed by atoms with Gasteiger partial charge in [-0.1, -0.05) is 43.0 Å². The van der Waals surface area contributed by atoms with E-state index < -0.39 is 35.8 Å². The molecule has 0 amide bonds. The van der Waals surface area contributed by atoms with Crippen molar-refractivity contribution in [1.29, 1.82) is 0 Å². The van der Waals surface area contributed by atoms with E-state index in [2.05, 4.69) is 6.58 Å². The number of ether oxygens (including phenoxy) is 1. The lowest BCUT2D eigenvalue weighted by Gasteiger charge is -2.27. The Hall–Kier alpha value is -2.45. The van der Waals surface area contributed by atoms with Crippen LogP contribution in [0.25, 0.3) is 0 Å². The minimum Gasteiger partial charge on any atom is -0.455 e. The van der Waals surface area contributed by atoms with E-state index in [4.69, 9.17) is 4.74 Å². The standard InChI is InChI=1S/C21H24O6S2/c1-4-21(3,27-17(2)22)16-15-20(28(23,24)18-11-7-5-8-12-18)29(25,26)19-13-9-6-10-14-19/h4-14,20H,1,15-16H2,2-3H3. The van der Waals surface area contributed by atoms with Crippen LogP contribution < -0.4 is 0 Å². The van der Waals surface area contributed by atoms with Crippen molar-refractivity contribution in [2.24, 2.45) is 0 Å². The highest BCUT2D eigenvalue weighted by atomic mass is 32.3. The molecule has 0 aliphatic carbocycles. The maximum atomic E-state index is 13.3. The fourth-order valence-electron chi connectivity index (χ4n) is 2.93. The molecule has 0 aromatic heterocycles. The molecule has 29 heavy (non-hydrogen) atoms. The Labute approximate surface area is 172 Å². The van der Waals surface area contributed by atoms with Crippen molar-refractivity contribution in [3.8, 4) is 0 Å². The average molecular weight is 437 g/mol. The molecular weight excluding hydrogens is 412 g/mol. The Bertz CT molecular complexity index is 991. The first-order valence-corrected chi connectivity index (χ1v) is 12.0.